The zero-order valence-corrected chi connectivity index (χ0v) is 12.0. The van der Waals surface area contributed by atoms with E-state index >= 15 is 0 Å². The highest BCUT2D eigenvalue weighted by molar-refractivity contribution is 5.56. The first-order valence-corrected chi connectivity index (χ1v) is 6.84. The third kappa shape index (κ3) is 2.43. The Balaban J connectivity index is 1.71. The van der Waals surface area contributed by atoms with Gasteiger partial charge in [0, 0.05) is 38.3 Å². The summed E-state index contributed by atoms with van der Waals surface area (Å²) in [6.45, 7) is 7.50. The van der Waals surface area contributed by atoms with Gasteiger partial charge in [-0.3, -0.25) is 4.68 Å². The fraction of sp³-hybridized carbons (Fsp3) is 0.400. The zero-order valence-electron chi connectivity index (χ0n) is 12.0. The van der Waals surface area contributed by atoms with Gasteiger partial charge >= 0.3 is 0 Å². The van der Waals surface area contributed by atoms with Crippen LogP contribution in [-0.4, -0.2) is 15.6 Å². The molecule has 2 heterocycles. The van der Waals surface area contributed by atoms with Crippen LogP contribution in [0.2, 0.25) is 0 Å². The van der Waals surface area contributed by atoms with Gasteiger partial charge in [0.1, 0.15) is 0 Å². The van der Waals surface area contributed by atoms with E-state index in [1.54, 1.807) is 0 Å². The van der Waals surface area contributed by atoms with Gasteiger partial charge in [-0.05, 0) is 25.1 Å². The fourth-order valence-corrected chi connectivity index (χ4v) is 2.32. The molecule has 1 aromatic heterocycles. The molecule has 5 nitrogen and oxygen atoms in total. The molecule has 1 aliphatic heterocycles. The number of aryl methyl sites for hydroxylation is 1. The molecule has 1 N–H and O–H groups in total. The van der Waals surface area contributed by atoms with E-state index in [0.717, 1.165) is 36.0 Å². The topological polar surface area (TPSA) is 48.3 Å². The third-order valence-corrected chi connectivity index (χ3v) is 3.23. The zero-order chi connectivity index (χ0) is 14.2. The van der Waals surface area contributed by atoms with Crippen LogP contribution >= 0.6 is 0 Å². The van der Waals surface area contributed by atoms with Gasteiger partial charge < -0.3 is 14.8 Å². The van der Waals surface area contributed by atoms with Crippen molar-refractivity contribution < 1.29 is 9.47 Å². The summed E-state index contributed by atoms with van der Waals surface area (Å²) in [6, 6.07) is 7.92. The van der Waals surface area contributed by atoms with Crippen LogP contribution in [0.4, 0.5) is 5.69 Å². The number of benzene rings is 1. The van der Waals surface area contributed by atoms with E-state index in [1.165, 1.54) is 0 Å². The van der Waals surface area contributed by atoms with Crippen LogP contribution in [0.25, 0.3) is 0 Å². The summed E-state index contributed by atoms with van der Waals surface area (Å²) >= 11 is 0. The molecule has 0 bridgehead atoms. The molecule has 0 saturated carbocycles. The number of nitrogens with one attached hydrogen (secondary N) is 1. The van der Waals surface area contributed by atoms with Gasteiger partial charge in [0.2, 0.25) is 5.79 Å². The van der Waals surface area contributed by atoms with Crippen molar-refractivity contribution in [3.63, 3.8) is 0 Å². The van der Waals surface area contributed by atoms with Crippen LogP contribution in [0.3, 0.4) is 0 Å². The molecule has 0 unspecified atom stereocenters. The Hall–Kier alpha value is -2.17. The van der Waals surface area contributed by atoms with E-state index in [-0.39, 0.29) is 0 Å². The Morgan fingerprint density at radius 2 is 2.00 bits per heavy atom. The highest BCUT2D eigenvalue weighted by Gasteiger charge is 2.31. The molecule has 0 aliphatic carbocycles. The molecule has 0 spiro atoms. The van der Waals surface area contributed by atoms with Crippen LogP contribution in [0, 0.1) is 0 Å². The number of aromatic nitrogens is 2. The van der Waals surface area contributed by atoms with Crippen molar-refractivity contribution in [1.29, 1.82) is 0 Å². The second-order valence-corrected chi connectivity index (χ2v) is 5.26. The Labute approximate surface area is 118 Å². The SMILES string of the molecule is CCn1nccc1CNc1ccc2c(c1)OC(C)(C)O2. The summed E-state index contributed by atoms with van der Waals surface area (Å²) in [4.78, 5) is 0. The highest BCUT2D eigenvalue weighted by atomic mass is 16.7. The summed E-state index contributed by atoms with van der Waals surface area (Å²) in [7, 11) is 0. The highest BCUT2D eigenvalue weighted by Crippen LogP contribution is 2.40. The molecule has 5 heteroatoms. The molecule has 20 heavy (non-hydrogen) atoms. The van der Waals surface area contributed by atoms with E-state index in [4.69, 9.17) is 9.47 Å². The van der Waals surface area contributed by atoms with Crippen LogP contribution in [0.5, 0.6) is 11.5 Å². The average molecular weight is 273 g/mol. The van der Waals surface area contributed by atoms with Gasteiger partial charge in [-0.1, -0.05) is 0 Å². The van der Waals surface area contributed by atoms with Gasteiger partial charge in [-0.25, -0.2) is 0 Å². The maximum atomic E-state index is 5.74. The predicted octanol–water partition coefficient (Wildman–Crippen LogP) is 3.02. The molecular formula is C15H19N3O2. The maximum Gasteiger partial charge on any atom is 0.246 e. The summed E-state index contributed by atoms with van der Waals surface area (Å²) < 4.78 is 13.4. The lowest BCUT2D eigenvalue weighted by Crippen LogP contribution is -2.29. The minimum absolute atomic E-state index is 0.582. The first-order chi connectivity index (χ1) is 9.57. The Kier molecular flexibility index (Phi) is 3.04. The van der Waals surface area contributed by atoms with E-state index < -0.39 is 5.79 Å². The second kappa shape index (κ2) is 4.74. The lowest BCUT2D eigenvalue weighted by molar-refractivity contribution is -0.0431. The number of anilines is 1. The van der Waals surface area contributed by atoms with Crippen molar-refractivity contribution in [2.24, 2.45) is 0 Å². The minimum atomic E-state index is -0.582. The van der Waals surface area contributed by atoms with E-state index in [2.05, 4.69) is 17.3 Å². The van der Waals surface area contributed by atoms with Crippen molar-refractivity contribution in [2.75, 3.05) is 5.32 Å². The van der Waals surface area contributed by atoms with Crippen molar-refractivity contribution in [2.45, 2.75) is 39.6 Å². The number of nitrogens with zero attached hydrogens (tertiary/aromatic N) is 2. The summed E-state index contributed by atoms with van der Waals surface area (Å²) in [5.74, 6) is 0.991. The number of hydrogen-bond donors (Lipinski definition) is 1. The van der Waals surface area contributed by atoms with E-state index in [1.807, 2.05) is 49.0 Å². The molecule has 106 valence electrons. The van der Waals surface area contributed by atoms with E-state index in [0.29, 0.717) is 0 Å². The minimum Gasteiger partial charge on any atom is -0.449 e. The van der Waals surface area contributed by atoms with Crippen LogP contribution in [-0.2, 0) is 13.1 Å². The molecule has 0 radical (unpaired) electrons. The first-order valence-electron chi connectivity index (χ1n) is 6.84. The number of fused-ring (bicyclic) bond motifs is 1. The lowest BCUT2D eigenvalue weighted by Gasteiger charge is -2.16. The molecule has 2 aromatic rings. The molecule has 1 aromatic carbocycles. The van der Waals surface area contributed by atoms with Crippen LogP contribution in [0.15, 0.2) is 30.5 Å². The van der Waals surface area contributed by atoms with Crippen molar-refractivity contribution in [1.82, 2.24) is 9.78 Å². The largest absolute Gasteiger partial charge is 0.449 e. The van der Waals surface area contributed by atoms with Crippen molar-refractivity contribution >= 4 is 5.69 Å². The Morgan fingerprint density at radius 1 is 1.20 bits per heavy atom. The molecule has 3 rings (SSSR count). The third-order valence-electron chi connectivity index (χ3n) is 3.23. The lowest BCUT2D eigenvalue weighted by atomic mass is 10.2. The van der Waals surface area contributed by atoms with Gasteiger partial charge in [-0.15, -0.1) is 0 Å². The quantitative estimate of drug-likeness (QED) is 0.930. The van der Waals surface area contributed by atoms with Crippen molar-refractivity contribution in [3.8, 4) is 11.5 Å². The number of rotatable bonds is 4. The molecule has 1 aliphatic rings. The summed E-state index contributed by atoms with van der Waals surface area (Å²) in [6.07, 6.45) is 1.82. The molecule has 0 fully saturated rings. The monoisotopic (exact) mass is 273 g/mol. The molecule has 0 atom stereocenters. The normalized spacial score (nSPS) is 15.3. The average Bonchev–Trinajstić information content (AvgIpc) is 2.97. The van der Waals surface area contributed by atoms with Gasteiger partial charge in [0.15, 0.2) is 11.5 Å². The Bertz CT molecular complexity index is 619. The maximum absolute atomic E-state index is 5.74. The van der Waals surface area contributed by atoms with Gasteiger partial charge in [0.25, 0.3) is 0 Å². The first kappa shape index (κ1) is 12.8. The fourth-order valence-electron chi connectivity index (χ4n) is 2.32. The van der Waals surface area contributed by atoms with Crippen LogP contribution < -0.4 is 14.8 Å². The van der Waals surface area contributed by atoms with Gasteiger partial charge in [-0.2, -0.15) is 5.10 Å². The molecular weight excluding hydrogens is 254 g/mol. The predicted molar refractivity (Wildman–Crippen MR) is 77.0 cm³/mol. The summed E-state index contributed by atoms with van der Waals surface area (Å²) in [5, 5.41) is 7.64. The smallest absolute Gasteiger partial charge is 0.246 e. The molecule has 0 saturated heterocycles. The molecule has 0 amide bonds. The van der Waals surface area contributed by atoms with Crippen LogP contribution in [0.1, 0.15) is 26.5 Å². The summed E-state index contributed by atoms with van der Waals surface area (Å²) in [5.41, 5.74) is 2.17. The van der Waals surface area contributed by atoms with E-state index in [9.17, 15) is 0 Å². The second-order valence-electron chi connectivity index (χ2n) is 5.26. The number of hydrogen-bond acceptors (Lipinski definition) is 4. The van der Waals surface area contributed by atoms with Crippen molar-refractivity contribution in [3.05, 3.63) is 36.2 Å². The number of ether oxygens (including phenoxy) is 2. The van der Waals surface area contributed by atoms with Gasteiger partial charge in [0.05, 0.1) is 12.2 Å². The Morgan fingerprint density at radius 3 is 2.80 bits per heavy atom. The standard InChI is InChI=1S/C15H19N3O2/c1-4-18-12(7-8-17-18)10-16-11-5-6-13-14(9-11)20-15(2,3)19-13/h5-9,16H,4,10H2,1-3H3.